The molecule has 0 aliphatic carbocycles. The van der Waals surface area contributed by atoms with Crippen LogP contribution in [0.1, 0.15) is 0 Å². The SMILES string of the molecule is c1ccc(-c2cccc(N(c3ccc4ccc(-c5ccc6cc(-c7ccccc7)ccc6c5)cc4c3)c3cccc4c3c3ccccc3n4-c3ccccc3)c2)cc1. The fourth-order valence-electron chi connectivity index (χ4n) is 8.71. The molecule has 0 saturated heterocycles. The van der Waals surface area contributed by atoms with Crippen LogP contribution in [0.5, 0.6) is 0 Å². The highest BCUT2D eigenvalue weighted by molar-refractivity contribution is 6.16. The largest absolute Gasteiger partial charge is 0.310 e. The molecule has 0 bridgehead atoms. The normalized spacial score (nSPS) is 11.4. The third-order valence-corrected chi connectivity index (χ3v) is 11.5. The van der Waals surface area contributed by atoms with Gasteiger partial charge in [0.2, 0.25) is 0 Å². The molecule has 0 atom stereocenters. The molecule has 0 unspecified atom stereocenters. The number of nitrogens with zero attached hydrogens (tertiary/aromatic N) is 2. The molecule has 11 aromatic rings. The lowest BCUT2D eigenvalue weighted by Crippen LogP contribution is -2.10. The first-order valence-electron chi connectivity index (χ1n) is 19.9. The molecule has 0 radical (unpaired) electrons. The number of aromatic nitrogens is 1. The van der Waals surface area contributed by atoms with Crippen LogP contribution in [-0.4, -0.2) is 4.57 Å². The third-order valence-electron chi connectivity index (χ3n) is 11.5. The second-order valence-electron chi connectivity index (χ2n) is 15.0. The topological polar surface area (TPSA) is 8.17 Å². The van der Waals surface area contributed by atoms with Gasteiger partial charge in [0.25, 0.3) is 0 Å². The van der Waals surface area contributed by atoms with E-state index < -0.39 is 0 Å². The minimum atomic E-state index is 1.10. The van der Waals surface area contributed by atoms with Crippen molar-refractivity contribution in [1.82, 2.24) is 4.57 Å². The molecule has 272 valence electrons. The molecule has 0 fully saturated rings. The lowest BCUT2D eigenvalue weighted by atomic mass is 9.96. The predicted molar refractivity (Wildman–Crippen MR) is 247 cm³/mol. The number of benzene rings is 10. The Hall–Kier alpha value is -7.68. The highest BCUT2D eigenvalue weighted by atomic mass is 15.1. The average Bonchev–Trinajstić information content (AvgIpc) is 3.64. The maximum atomic E-state index is 2.45. The van der Waals surface area contributed by atoms with E-state index in [-0.39, 0.29) is 0 Å². The number of hydrogen-bond acceptors (Lipinski definition) is 1. The maximum Gasteiger partial charge on any atom is 0.0562 e. The van der Waals surface area contributed by atoms with Crippen LogP contribution >= 0.6 is 0 Å². The van der Waals surface area contributed by atoms with Gasteiger partial charge < -0.3 is 9.47 Å². The van der Waals surface area contributed by atoms with Gasteiger partial charge >= 0.3 is 0 Å². The Morgan fingerprint density at radius 1 is 0.293 bits per heavy atom. The molecule has 0 aliphatic rings. The van der Waals surface area contributed by atoms with Crippen molar-refractivity contribution in [2.45, 2.75) is 0 Å². The Balaban J connectivity index is 1.08. The van der Waals surface area contributed by atoms with E-state index in [1.165, 1.54) is 76.7 Å². The lowest BCUT2D eigenvalue weighted by molar-refractivity contribution is 1.18. The van der Waals surface area contributed by atoms with E-state index in [1.54, 1.807) is 0 Å². The van der Waals surface area contributed by atoms with Crippen LogP contribution in [0.4, 0.5) is 17.1 Å². The first kappa shape index (κ1) is 33.6. The average molecular weight is 739 g/mol. The third kappa shape index (κ3) is 5.91. The Morgan fingerprint density at radius 3 is 1.50 bits per heavy atom. The van der Waals surface area contributed by atoms with Gasteiger partial charge in [-0.2, -0.15) is 0 Å². The zero-order valence-corrected chi connectivity index (χ0v) is 31.8. The zero-order valence-electron chi connectivity index (χ0n) is 31.8. The molecular formula is C56H38N2. The van der Waals surface area contributed by atoms with Crippen molar-refractivity contribution >= 4 is 60.4 Å². The van der Waals surface area contributed by atoms with E-state index in [0.717, 1.165) is 22.7 Å². The van der Waals surface area contributed by atoms with Crippen molar-refractivity contribution in [2.24, 2.45) is 0 Å². The van der Waals surface area contributed by atoms with Crippen LogP contribution in [0.3, 0.4) is 0 Å². The Kier molecular flexibility index (Phi) is 8.19. The molecule has 0 spiro atoms. The maximum absolute atomic E-state index is 2.45. The zero-order chi connectivity index (χ0) is 38.4. The summed E-state index contributed by atoms with van der Waals surface area (Å²) in [5, 5.41) is 7.31. The first-order valence-corrected chi connectivity index (χ1v) is 19.9. The molecule has 0 N–H and O–H groups in total. The summed E-state index contributed by atoms with van der Waals surface area (Å²) in [5.41, 5.74) is 14.1. The highest BCUT2D eigenvalue weighted by Gasteiger charge is 2.21. The molecular weight excluding hydrogens is 701 g/mol. The van der Waals surface area contributed by atoms with Crippen molar-refractivity contribution in [3.63, 3.8) is 0 Å². The van der Waals surface area contributed by atoms with E-state index in [9.17, 15) is 0 Å². The summed E-state index contributed by atoms with van der Waals surface area (Å²) in [6.45, 7) is 0. The van der Waals surface area contributed by atoms with E-state index in [1.807, 2.05) is 0 Å². The van der Waals surface area contributed by atoms with Gasteiger partial charge in [-0.15, -0.1) is 0 Å². The lowest BCUT2D eigenvalue weighted by Gasteiger charge is -2.27. The first-order chi connectivity index (χ1) is 28.7. The molecule has 1 heterocycles. The van der Waals surface area contributed by atoms with E-state index in [2.05, 4.69) is 240 Å². The van der Waals surface area contributed by atoms with Gasteiger partial charge in [0.1, 0.15) is 0 Å². The predicted octanol–water partition coefficient (Wildman–Crippen LogP) is 15.6. The number of rotatable bonds is 7. The molecule has 2 heteroatoms. The fraction of sp³-hybridized carbons (Fsp3) is 0. The van der Waals surface area contributed by atoms with Gasteiger partial charge in [-0.1, -0.05) is 158 Å². The molecule has 0 saturated carbocycles. The van der Waals surface area contributed by atoms with Crippen LogP contribution in [0.2, 0.25) is 0 Å². The Labute approximate surface area is 338 Å². The van der Waals surface area contributed by atoms with Gasteiger partial charge in [-0.05, 0) is 128 Å². The summed E-state index contributed by atoms with van der Waals surface area (Å²) in [6, 6.07) is 83.8. The Bertz CT molecular complexity index is 3270. The van der Waals surface area contributed by atoms with Crippen LogP contribution in [0, 0.1) is 0 Å². The summed E-state index contributed by atoms with van der Waals surface area (Å²) >= 11 is 0. The quantitative estimate of drug-likeness (QED) is 0.158. The molecule has 58 heavy (non-hydrogen) atoms. The van der Waals surface area contributed by atoms with Gasteiger partial charge in [-0.25, -0.2) is 0 Å². The smallest absolute Gasteiger partial charge is 0.0562 e. The standard InChI is InChI=1S/C56H38N2/c1-4-14-39(15-5-1)42-18-12-21-50(37-42)57(54-24-13-25-55-56(54)52-22-10-11-23-53(52)58(55)49-19-8-3-9-20-49)51-33-32-41-26-27-47(36-48(41)38-51)46-31-30-44-34-43(28-29-45(44)35-46)40-16-6-2-7-17-40/h1-38H. The van der Waals surface area contributed by atoms with E-state index in [4.69, 9.17) is 0 Å². The molecule has 0 amide bonds. The Morgan fingerprint density at radius 2 is 0.793 bits per heavy atom. The van der Waals surface area contributed by atoms with Crippen molar-refractivity contribution in [3.05, 3.63) is 231 Å². The second-order valence-corrected chi connectivity index (χ2v) is 15.0. The molecule has 10 aromatic carbocycles. The van der Waals surface area contributed by atoms with Crippen LogP contribution in [0.15, 0.2) is 231 Å². The monoisotopic (exact) mass is 738 g/mol. The number of hydrogen-bond donors (Lipinski definition) is 0. The summed E-state index contributed by atoms with van der Waals surface area (Å²) in [4.78, 5) is 2.45. The van der Waals surface area contributed by atoms with E-state index in [0.29, 0.717) is 0 Å². The second kappa shape index (κ2) is 14.1. The van der Waals surface area contributed by atoms with Crippen molar-refractivity contribution in [3.8, 4) is 39.1 Å². The summed E-state index contributed by atoms with van der Waals surface area (Å²) in [7, 11) is 0. The summed E-state index contributed by atoms with van der Waals surface area (Å²) in [5.74, 6) is 0. The van der Waals surface area contributed by atoms with Gasteiger partial charge in [0, 0.05) is 27.8 Å². The molecule has 2 nitrogen and oxygen atoms in total. The highest BCUT2D eigenvalue weighted by Crippen LogP contribution is 2.45. The van der Waals surface area contributed by atoms with Crippen molar-refractivity contribution in [1.29, 1.82) is 0 Å². The van der Waals surface area contributed by atoms with E-state index >= 15 is 0 Å². The van der Waals surface area contributed by atoms with Crippen LogP contribution < -0.4 is 4.90 Å². The number of para-hydroxylation sites is 2. The molecule has 11 rings (SSSR count). The minimum Gasteiger partial charge on any atom is -0.310 e. The van der Waals surface area contributed by atoms with Gasteiger partial charge in [0.05, 0.1) is 16.7 Å². The van der Waals surface area contributed by atoms with Crippen molar-refractivity contribution in [2.75, 3.05) is 4.90 Å². The van der Waals surface area contributed by atoms with Gasteiger partial charge in [-0.3, -0.25) is 0 Å². The summed E-state index contributed by atoms with van der Waals surface area (Å²) in [6.07, 6.45) is 0. The van der Waals surface area contributed by atoms with Crippen molar-refractivity contribution < 1.29 is 0 Å². The fourth-order valence-corrected chi connectivity index (χ4v) is 8.71. The minimum absolute atomic E-state index is 1.10. The summed E-state index contributed by atoms with van der Waals surface area (Å²) < 4.78 is 2.39. The van der Waals surface area contributed by atoms with Gasteiger partial charge in [0.15, 0.2) is 0 Å². The number of anilines is 3. The van der Waals surface area contributed by atoms with Crippen LogP contribution in [-0.2, 0) is 0 Å². The molecule has 0 aliphatic heterocycles. The molecule has 1 aromatic heterocycles. The number of fused-ring (bicyclic) bond motifs is 5. The van der Waals surface area contributed by atoms with Crippen LogP contribution in [0.25, 0.3) is 82.4 Å².